The summed E-state index contributed by atoms with van der Waals surface area (Å²) in [4.78, 5) is 14.9. The fraction of sp³-hybridized carbons (Fsp3) is 0.636. The van der Waals surface area contributed by atoms with Crippen LogP contribution in [0.15, 0.2) is 18.2 Å². The summed E-state index contributed by atoms with van der Waals surface area (Å²) in [5.74, 6) is -1.25. The molecule has 6 nitrogen and oxygen atoms in total. The number of fused-ring (bicyclic) bond motifs is 1. The number of rotatable bonds is 11. The Hall–Kier alpha value is -1.61. The number of unbranched alkanes of at least 4 members (excludes halogenated alkanes) is 3. The van der Waals surface area contributed by atoms with E-state index in [0.29, 0.717) is 40.9 Å². The molecule has 1 aliphatic rings. The van der Waals surface area contributed by atoms with Crippen LogP contribution in [0.3, 0.4) is 0 Å². The van der Waals surface area contributed by atoms with E-state index in [1.807, 2.05) is 0 Å². The molecule has 5 atom stereocenters. The lowest BCUT2D eigenvalue weighted by atomic mass is 9.85. The zero-order valence-corrected chi connectivity index (χ0v) is 17.7. The van der Waals surface area contributed by atoms with Gasteiger partial charge in [0.05, 0.1) is 22.4 Å². The third kappa shape index (κ3) is 5.75. The molecule has 1 aliphatic carbocycles. The summed E-state index contributed by atoms with van der Waals surface area (Å²) in [5.41, 5.74) is 0.533. The first-order chi connectivity index (χ1) is 14.4. The quantitative estimate of drug-likeness (QED) is 0.394. The minimum Gasteiger partial charge on any atom is -0.481 e. The molecule has 0 saturated heterocycles. The molecule has 1 aromatic heterocycles. The van der Waals surface area contributed by atoms with Gasteiger partial charge in [0.1, 0.15) is 16.9 Å². The summed E-state index contributed by atoms with van der Waals surface area (Å²) in [6.45, 7) is 0. The molecule has 0 amide bonds. The maximum absolute atomic E-state index is 13.9. The van der Waals surface area contributed by atoms with E-state index in [9.17, 15) is 24.5 Å². The van der Waals surface area contributed by atoms with Crippen molar-refractivity contribution in [2.24, 2.45) is 11.8 Å². The summed E-state index contributed by atoms with van der Waals surface area (Å²) in [5, 5.41) is 40.5. The Bertz CT molecular complexity index is 844. The van der Waals surface area contributed by atoms with Gasteiger partial charge < -0.3 is 20.4 Å². The first kappa shape index (κ1) is 23.1. The van der Waals surface area contributed by atoms with Gasteiger partial charge >= 0.3 is 5.97 Å². The summed E-state index contributed by atoms with van der Waals surface area (Å²) in [6, 6.07) is 4.68. The van der Waals surface area contributed by atoms with Crippen LogP contribution in [0.1, 0.15) is 68.9 Å². The number of aliphatic hydroxyl groups excluding tert-OH is 3. The lowest BCUT2D eigenvalue weighted by Gasteiger charge is -2.24. The predicted octanol–water partition coefficient (Wildman–Crippen LogP) is 4.03. The third-order valence-corrected chi connectivity index (χ3v) is 7.32. The van der Waals surface area contributed by atoms with Crippen molar-refractivity contribution >= 4 is 27.5 Å². The molecule has 1 aromatic carbocycles. The van der Waals surface area contributed by atoms with Gasteiger partial charge in [-0.25, -0.2) is 9.37 Å². The number of aliphatic carboxylic acids is 1. The molecule has 0 bridgehead atoms. The molecule has 0 aliphatic heterocycles. The molecule has 8 heteroatoms. The van der Waals surface area contributed by atoms with E-state index in [4.69, 9.17) is 5.11 Å². The van der Waals surface area contributed by atoms with Crippen molar-refractivity contribution in [1.29, 1.82) is 0 Å². The maximum atomic E-state index is 13.9. The predicted molar refractivity (Wildman–Crippen MR) is 113 cm³/mol. The number of carboxylic acid groups (broad SMARTS) is 1. The van der Waals surface area contributed by atoms with Crippen LogP contribution in [-0.4, -0.2) is 43.6 Å². The van der Waals surface area contributed by atoms with E-state index in [2.05, 4.69) is 4.98 Å². The van der Waals surface area contributed by atoms with Crippen molar-refractivity contribution in [3.63, 3.8) is 0 Å². The van der Waals surface area contributed by atoms with Crippen LogP contribution in [0.2, 0.25) is 0 Å². The van der Waals surface area contributed by atoms with Gasteiger partial charge in [0.15, 0.2) is 0 Å². The second kappa shape index (κ2) is 10.6. The molecule has 166 valence electrons. The van der Waals surface area contributed by atoms with Crippen LogP contribution < -0.4 is 0 Å². The normalized spacial score (nSPS) is 25.1. The Morgan fingerprint density at radius 2 is 1.83 bits per heavy atom. The number of carboxylic acids is 1. The highest BCUT2D eigenvalue weighted by Gasteiger charge is 2.41. The molecule has 0 radical (unpaired) electrons. The second-order valence-electron chi connectivity index (χ2n) is 8.28. The van der Waals surface area contributed by atoms with Crippen LogP contribution in [0.5, 0.6) is 0 Å². The van der Waals surface area contributed by atoms with Gasteiger partial charge in [-0.3, -0.25) is 4.79 Å². The van der Waals surface area contributed by atoms with Crippen molar-refractivity contribution in [3.05, 3.63) is 29.0 Å². The first-order valence-corrected chi connectivity index (χ1v) is 11.5. The molecule has 1 heterocycles. The smallest absolute Gasteiger partial charge is 0.303 e. The number of nitrogens with zero attached hydrogens (tertiary/aromatic N) is 1. The van der Waals surface area contributed by atoms with E-state index in [1.165, 1.54) is 6.07 Å². The van der Waals surface area contributed by atoms with Gasteiger partial charge in [-0.15, -0.1) is 11.3 Å². The summed E-state index contributed by atoms with van der Waals surface area (Å²) < 4.78 is 14.3. The van der Waals surface area contributed by atoms with Crippen LogP contribution in [-0.2, 0) is 4.79 Å². The lowest BCUT2D eigenvalue weighted by Crippen LogP contribution is -2.23. The minimum absolute atomic E-state index is 0.0283. The van der Waals surface area contributed by atoms with Gasteiger partial charge in [-0.1, -0.05) is 25.3 Å². The zero-order chi connectivity index (χ0) is 21.7. The SMILES string of the molecule is O=C(O)CCCCCC[C@@H]1[C@@H](CCC(O)c2nc3cccc(F)c3s2)[C@H](O)C[C@@H]1O. The van der Waals surface area contributed by atoms with Crippen LogP contribution >= 0.6 is 11.3 Å². The molecule has 4 N–H and O–H groups in total. The highest BCUT2D eigenvalue weighted by molar-refractivity contribution is 7.18. The molecule has 1 saturated carbocycles. The Morgan fingerprint density at radius 1 is 1.13 bits per heavy atom. The van der Waals surface area contributed by atoms with Crippen molar-refractivity contribution in [1.82, 2.24) is 4.98 Å². The average Bonchev–Trinajstić information content (AvgIpc) is 3.24. The Labute approximate surface area is 179 Å². The number of aromatic nitrogens is 1. The summed E-state index contributed by atoms with van der Waals surface area (Å²) in [6.07, 6.45) is 3.54. The number of benzene rings is 1. The highest BCUT2D eigenvalue weighted by Crippen LogP contribution is 2.40. The maximum Gasteiger partial charge on any atom is 0.303 e. The van der Waals surface area contributed by atoms with E-state index in [1.54, 1.807) is 12.1 Å². The van der Waals surface area contributed by atoms with Gasteiger partial charge in [0.25, 0.3) is 0 Å². The lowest BCUT2D eigenvalue weighted by molar-refractivity contribution is -0.137. The topological polar surface area (TPSA) is 111 Å². The number of carbonyl (C=O) groups is 1. The van der Waals surface area contributed by atoms with Gasteiger partial charge in [-0.05, 0) is 56.1 Å². The monoisotopic (exact) mass is 439 g/mol. The van der Waals surface area contributed by atoms with Crippen molar-refractivity contribution in [2.45, 2.75) is 76.1 Å². The van der Waals surface area contributed by atoms with Crippen LogP contribution in [0, 0.1) is 17.7 Å². The van der Waals surface area contributed by atoms with Gasteiger partial charge in [-0.2, -0.15) is 0 Å². The van der Waals surface area contributed by atoms with E-state index in [-0.39, 0.29) is 24.1 Å². The Morgan fingerprint density at radius 3 is 2.53 bits per heavy atom. The van der Waals surface area contributed by atoms with Crippen LogP contribution in [0.4, 0.5) is 4.39 Å². The molecular formula is C22H30FNO5S. The number of halogens is 1. The largest absolute Gasteiger partial charge is 0.481 e. The fourth-order valence-electron chi connectivity index (χ4n) is 4.54. The Kier molecular flexibility index (Phi) is 8.16. The molecule has 1 unspecified atom stereocenters. The van der Waals surface area contributed by atoms with E-state index >= 15 is 0 Å². The summed E-state index contributed by atoms with van der Waals surface area (Å²) in [7, 11) is 0. The van der Waals surface area contributed by atoms with Gasteiger partial charge in [0.2, 0.25) is 0 Å². The number of hydrogen-bond acceptors (Lipinski definition) is 6. The van der Waals surface area contributed by atoms with Crippen molar-refractivity contribution in [2.75, 3.05) is 0 Å². The number of thiazole rings is 1. The van der Waals surface area contributed by atoms with E-state index in [0.717, 1.165) is 37.0 Å². The molecule has 0 spiro atoms. The highest BCUT2D eigenvalue weighted by atomic mass is 32.1. The second-order valence-corrected chi connectivity index (χ2v) is 9.31. The standard InChI is InChI=1S/C22H30FNO5S/c23-15-7-5-8-16-21(15)30-22(24-16)17(25)11-10-14-13(18(26)12-19(14)27)6-3-1-2-4-9-20(28)29/h5,7-8,13-14,17-19,25-27H,1-4,6,9-12H2,(H,28,29)/t13-,14-,17?,18+,19-/m1/s1. The third-order valence-electron chi connectivity index (χ3n) is 6.14. The Balaban J connectivity index is 1.51. The van der Waals surface area contributed by atoms with E-state index < -0.39 is 24.3 Å². The van der Waals surface area contributed by atoms with Gasteiger partial charge in [0, 0.05) is 6.42 Å². The molecular weight excluding hydrogens is 409 g/mol. The molecule has 3 rings (SSSR count). The minimum atomic E-state index is -0.830. The average molecular weight is 440 g/mol. The summed E-state index contributed by atoms with van der Waals surface area (Å²) >= 11 is 1.15. The van der Waals surface area contributed by atoms with Crippen molar-refractivity contribution in [3.8, 4) is 0 Å². The molecule has 30 heavy (non-hydrogen) atoms. The fourth-order valence-corrected chi connectivity index (χ4v) is 5.53. The first-order valence-electron chi connectivity index (χ1n) is 10.7. The number of aliphatic hydroxyl groups is 3. The molecule has 2 aromatic rings. The van der Waals surface area contributed by atoms with Crippen LogP contribution in [0.25, 0.3) is 10.2 Å². The van der Waals surface area contributed by atoms with Crippen molar-refractivity contribution < 1.29 is 29.6 Å². The molecule has 1 fully saturated rings. The number of hydrogen-bond donors (Lipinski definition) is 4. The zero-order valence-electron chi connectivity index (χ0n) is 16.9.